The van der Waals surface area contributed by atoms with E-state index >= 15 is 0 Å². The molecule has 0 radical (unpaired) electrons. The van der Waals surface area contributed by atoms with Crippen molar-refractivity contribution in [2.24, 2.45) is 0 Å². The molecular weight excluding hydrogens is 724 g/mol. The second kappa shape index (κ2) is 17.9. The number of aromatic hydroxyl groups is 3. The van der Waals surface area contributed by atoms with Gasteiger partial charge in [0.1, 0.15) is 48.3 Å². The average molecular weight is 771 g/mol. The molecule has 5 rings (SSSR count). The van der Waals surface area contributed by atoms with Crippen molar-refractivity contribution in [2.45, 2.75) is 92.8 Å². The fourth-order valence-corrected chi connectivity index (χ4v) is 6.02. The lowest BCUT2D eigenvalue weighted by molar-refractivity contribution is -0.360. The van der Waals surface area contributed by atoms with Gasteiger partial charge in [0.25, 0.3) is 0 Å². The van der Waals surface area contributed by atoms with Gasteiger partial charge in [-0.3, -0.25) is 0 Å². The van der Waals surface area contributed by atoms with Crippen LogP contribution in [-0.2, 0) is 44.4 Å². The van der Waals surface area contributed by atoms with Crippen LogP contribution in [0.1, 0.15) is 18.1 Å². The van der Waals surface area contributed by atoms with Crippen LogP contribution < -0.4 is 4.74 Å². The highest BCUT2D eigenvalue weighted by molar-refractivity contribution is 5.87. The number of carbonyl (C=O) groups is 1. The van der Waals surface area contributed by atoms with Crippen LogP contribution in [0.4, 0.5) is 0 Å². The van der Waals surface area contributed by atoms with Crippen molar-refractivity contribution in [2.75, 3.05) is 33.5 Å². The Morgan fingerprint density at radius 3 is 2.30 bits per heavy atom. The highest BCUT2D eigenvalue weighted by Crippen LogP contribution is 2.34. The second-order valence-electron chi connectivity index (χ2n) is 13.1. The molecule has 3 aliphatic rings. The highest BCUT2D eigenvalue weighted by atomic mass is 16.8. The minimum Gasteiger partial charge on any atom is -0.504 e. The second-order valence-corrected chi connectivity index (χ2v) is 13.1. The van der Waals surface area contributed by atoms with Gasteiger partial charge in [0, 0.05) is 6.08 Å². The first-order chi connectivity index (χ1) is 25.6. The van der Waals surface area contributed by atoms with Gasteiger partial charge in [-0.25, -0.2) is 4.79 Å². The average Bonchev–Trinajstić information content (AvgIpc) is 3.44. The zero-order valence-corrected chi connectivity index (χ0v) is 29.2. The summed E-state index contributed by atoms with van der Waals surface area (Å²) in [6.45, 7) is -0.613. The topological polar surface area (TPSA) is 293 Å². The molecule has 0 aliphatic carbocycles. The Labute approximate surface area is 308 Å². The van der Waals surface area contributed by atoms with Gasteiger partial charge in [-0.15, -0.1) is 0 Å². The van der Waals surface area contributed by atoms with Gasteiger partial charge in [0.15, 0.2) is 48.0 Å². The van der Waals surface area contributed by atoms with E-state index < -0.39 is 117 Å². The number of aliphatic hydroxyl groups is 7. The van der Waals surface area contributed by atoms with Crippen LogP contribution in [0.15, 0.2) is 42.5 Å². The molecule has 3 saturated heterocycles. The first-order valence-corrected chi connectivity index (χ1v) is 17.0. The van der Waals surface area contributed by atoms with Gasteiger partial charge in [-0.05, 0) is 54.8 Å². The van der Waals surface area contributed by atoms with E-state index in [0.717, 1.165) is 6.08 Å². The number of ether oxygens (including phenoxy) is 8. The van der Waals surface area contributed by atoms with E-state index in [4.69, 9.17) is 37.9 Å². The van der Waals surface area contributed by atoms with Crippen LogP contribution in [0.3, 0.4) is 0 Å². The lowest BCUT2D eigenvalue weighted by Crippen LogP contribution is -2.65. The smallest absolute Gasteiger partial charge is 0.331 e. The number of aliphatic hydroxyl groups excluding tert-OH is 6. The summed E-state index contributed by atoms with van der Waals surface area (Å²) in [6.07, 6.45) is -16.7. The van der Waals surface area contributed by atoms with E-state index in [1.54, 1.807) is 12.1 Å². The van der Waals surface area contributed by atoms with Crippen LogP contribution >= 0.6 is 0 Å². The van der Waals surface area contributed by atoms with Gasteiger partial charge in [0.2, 0.25) is 0 Å². The third kappa shape index (κ3) is 9.40. The molecule has 10 N–H and O–H groups in total. The Morgan fingerprint density at radius 1 is 0.870 bits per heavy atom. The highest BCUT2D eigenvalue weighted by Gasteiger charge is 2.54. The molecule has 0 saturated carbocycles. The summed E-state index contributed by atoms with van der Waals surface area (Å²) >= 11 is 0. The number of phenolic OH excluding ortho intramolecular Hbond substituents is 3. The minimum atomic E-state index is -2.04. The van der Waals surface area contributed by atoms with Gasteiger partial charge >= 0.3 is 5.97 Å². The molecule has 19 heteroatoms. The summed E-state index contributed by atoms with van der Waals surface area (Å²) in [5.41, 5.74) is -1.08. The summed E-state index contributed by atoms with van der Waals surface area (Å²) in [6, 6.07) is 8.39. The number of carbonyl (C=O) groups excluding carboxylic acids is 1. The molecule has 0 amide bonds. The van der Waals surface area contributed by atoms with Crippen molar-refractivity contribution in [3.63, 3.8) is 0 Å². The lowest BCUT2D eigenvalue weighted by Gasteiger charge is -2.46. The molecule has 19 nitrogen and oxygen atoms in total. The zero-order valence-electron chi connectivity index (χ0n) is 29.2. The number of rotatable bonds is 14. The van der Waals surface area contributed by atoms with Crippen molar-refractivity contribution in [1.29, 1.82) is 0 Å². The first kappa shape index (κ1) is 41.5. The Bertz CT molecular complexity index is 1590. The quantitative estimate of drug-likeness (QED) is 0.0552. The molecule has 3 aliphatic heterocycles. The number of phenols is 3. The van der Waals surface area contributed by atoms with Gasteiger partial charge in [-0.1, -0.05) is 12.1 Å². The van der Waals surface area contributed by atoms with Crippen molar-refractivity contribution < 1.29 is 93.8 Å². The Balaban J connectivity index is 1.42. The van der Waals surface area contributed by atoms with E-state index in [9.17, 15) is 55.9 Å². The Hall–Kier alpha value is -3.67. The van der Waals surface area contributed by atoms with Crippen molar-refractivity contribution >= 4 is 12.0 Å². The van der Waals surface area contributed by atoms with Crippen molar-refractivity contribution in [3.05, 3.63) is 53.6 Å². The third-order valence-corrected chi connectivity index (χ3v) is 9.30. The molecule has 13 atom stereocenters. The van der Waals surface area contributed by atoms with E-state index in [-0.39, 0.29) is 24.5 Å². The molecule has 2 aromatic rings. The van der Waals surface area contributed by atoms with Crippen LogP contribution in [0.2, 0.25) is 0 Å². The maximum atomic E-state index is 13.3. The van der Waals surface area contributed by atoms with Crippen molar-refractivity contribution in [1.82, 2.24) is 0 Å². The number of hydrogen-bond acceptors (Lipinski definition) is 19. The molecular formula is C35H46O19. The van der Waals surface area contributed by atoms with E-state index in [0.29, 0.717) is 11.1 Å². The number of hydrogen-bond donors (Lipinski definition) is 10. The minimum absolute atomic E-state index is 0.0828. The van der Waals surface area contributed by atoms with Crippen LogP contribution in [0.5, 0.6) is 23.0 Å². The fourth-order valence-electron chi connectivity index (χ4n) is 6.02. The van der Waals surface area contributed by atoms with Crippen LogP contribution in [0.25, 0.3) is 6.08 Å². The molecule has 0 aromatic heterocycles. The predicted octanol–water partition coefficient (Wildman–Crippen LogP) is -2.25. The maximum absolute atomic E-state index is 13.3. The third-order valence-electron chi connectivity index (χ3n) is 9.30. The number of benzene rings is 2. The van der Waals surface area contributed by atoms with E-state index in [1.807, 2.05) is 0 Å². The standard InChI is InChI=1S/C35H46O19/c1-16-25(41)26(42)27(43)33(51-16)54-30-28(44)32(48-10-9-18-4-7-20(38)22(12-18)47-2)52-23(13-49-34-31(45)35(46,14-36)15-50-34)29(30)53-24(40)8-5-17-3-6-19(37)21(39)11-17/h3-8,11-12,16,23,25-34,36-39,41-46H,9-10,13-15H2,1-2H3/b8-5+/t16-,23+,25-,26+,27+,28+,29+,30+,31-,32+,33-,34+,35+/m0/s1. The van der Waals surface area contributed by atoms with Crippen LogP contribution in [0, 0.1) is 0 Å². The molecule has 2 aromatic carbocycles. The zero-order chi connectivity index (χ0) is 39.3. The SMILES string of the molecule is COc1cc(CCO[C@@H]2O[C@H](CO[C@@H]3OC[C@](O)(CO)[C@H]3O)[C@@H](OC(=O)/C=C/c3ccc(O)c(O)c3)[C@H](O[C@@H]3O[C@@H](C)[C@H](O)[C@@H](O)[C@H]3O)[C@H]2O)ccc1O. The van der Waals surface area contributed by atoms with Crippen molar-refractivity contribution in [3.8, 4) is 23.0 Å². The van der Waals surface area contributed by atoms with Gasteiger partial charge < -0.3 is 89.0 Å². The van der Waals surface area contributed by atoms with E-state index in [2.05, 4.69) is 0 Å². The molecule has 3 heterocycles. The first-order valence-electron chi connectivity index (χ1n) is 17.0. The van der Waals surface area contributed by atoms with Crippen LogP contribution in [-0.4, -0.2) is 170 Å². The predicted molar refractivity (Wildman–Crippen MR) is 179 cm³/mol. The normalized spacial score (nSPS) is 35.6. The summed E-state index contributed by atoms with van der Waals surface area (Å²) in [7, 11) is 1.38. The Morgan fingerprint density at radius 2 is 1.61 bits per heavy atom. The summed E-state index contributed by atoms with van der Waals surface area (Å²) in [5.74, 6) is -1.75. The molecule has 0 unspecified atom stereocenters. The van der Waals surface area contributed by atoms with Gasteiger partial charge in [-0.2, -0.15) is 0 Å². The molecule has 300 valence electrons. The molecule has 54 heavy (non-hydrogen) atoms. The largest absolute Gasteiger partial charge is 0.504 e. The Kier molecular flexibility index (Phi) is 13.7. The summed E-state index contributed by atoms with van der Waals surface area (Å²) in [5, 5.41) is 103. The van der Waals surface area contributed by atoms with Gasteiger partial charge in [0.05, 0.1) is 39.6 Å². The molecule has 0 bridgehead atoms. The van der Waals surface area contributed by atoms with E-state index in [1.165, 1.54) is 44.4 Å². The lowest BCUT2D eigenvalue weighted by atomic mass is 9.96. The molecule has 3 fully saturated rings. The summed E-state index contributed by atoms with van der Waals surface area (Å²) < 4.78 is 45.4. The number of methoxy groups -OCH3 is 1. The molecule has 0 spiro atoms. The number of esters is 1. The monoisotopic (exact) mass is 770 g/mol. The maximum Gasteiger partial charge on any atom is 0.331 e. The summed E-state index contributed by atoms with van der Waals surface area (Å²) in [4.78, 5) is 13.3. The fraction of sp³-hybridized carbons (Fsp3) is 0.571.